The summed E-state index contributed by atoms with van der Waals surface area (Å²) in [6.07, 6.45) is -0.164. The van der Waals surface area contributed by atoms with Crippen LogP contribution in [0.4, 0.5) is 16.3 Å². The number of carbonyl (C=O) groups is 1. The van der Waals surface area contributed by atoms with Crippen molar-refractivity contribution >= 4 is 23.1 Å². The molecular weight excluding hydrogens is 476 g/mol. The smallest absolute Gasteiger partial charge is 0.411 e. The molecule has 2 saturated heterocycles. The molecule has 0 radical (unpaired) electrons. The van der Waals surface area contributed by atoms with E-state index in [1.165, 1.54) is 6.33 Å². The summed E-state index contributed by atoms with van der Waals surface area (Å²) in [7, 11) is 0. The van der Waals surface area contributed by atoms with Gasteiger partial charge in [-0.25, -0.2) is 14.3 Å². The lowest BCUT2D eigenvalue weighted by molar-refractivity contribution is -0.170. The molecule has 11 heteroatoms. The Morgan fingerprint density at radius 1 is 1.14 bits per heavy atom. The van der Waals surface area contributed by atoms with Crippen LogP contribution in [0.5, 0.6) is 0 Å². The molecule has 2 aromatic heterocycles. The van der Waals surface area contributed by atoms with Crippen molar-refractivity contribution in [1.29, 1.82) is 0 Å². The molecule has 0 aliphatic carbocycles. The Morgan fingerprint density at radius 3 is 2.54 bits per heavy atom. The number of anilines is 2. The zero-order valence-corrected chi connectivity index (χ0v) is 21.7. The minimum atomic E-state index is -0.863. The van der Waals surface area contributed by atoms with Crippen LogP contribution < -0.4 is 11.5 Å². The van der Waals surface area contributed by atoms with E-state index in [0.717, 1.165) is 5.56 Å². The van der Waals surface area contributed by atoms with Crippen LogP contribution in [0.15, 0.2) is 42.7 Å². The summed E-state index contributed by atoms with van der Waals surface area (Å²) >= 11 is 0. The van der Waals surface area contributed by atoms with Crippen LogP contribution in [0, 0.1) is 0 Å². The Balaban J connectivity index is 1.56. The van der Waals surface area contributed by atoms with E-state index in [4.69, 9.17) is 30.4 Å². The molecule has 2 aliphatic rings. The van der Waals surface area contributed by atoms with Crippen molar-refractivity contribution in [1.82, 2.24) is 19.5 Å². The standard InChI is InChI=1S/C26H34N6O5/c1-25(2,3)37-24(33)31-18(13-34-12-15-9-7-6-8-10-15)21-22(36-26(4,5)35-21)20(31)17-11-16(27)19-23(28)29-14-30-32(17)19/h6-11,14,18,20-22H,12-13,27H2,1-5H3,(H2,28,29,30)/t18-,20+,21-,22+/m1/s1. The van der Waals surface area contributed by atoms with Crippen LogP contribution in [-0.2, 0) is 25.6 Å². The van der Waals surface area contributed by atoms with Gasteiger partial charge >= 0.3 is 6.09 Å². The number of benzene rings is 1. The normalized spacial score (nSPS) is 24.9. The summed E-state index contributed by atoms with van der Waals surface area (Å²) in [5.41, 5.74) is 14.2. The van der Waals surface area contributed by atoms with Gasteiger partial charge in [0.1, 0.15) is 35.7 Å². The number of nitrogens with zero attached hydrogens (tertiary/aromatic N) is 4. The Kier molecular flexibility index (Phi) is 6.25. The fourth-order valence-electron chi connectivity index (χ4n) is 5.14. The zero-order valence-electron chi connectivity index (χ0n) is 21.7. The third-order valence-electron chi connectivity index (χ3n) is 6.46. The Bertz CT molecular complexity index is 1290. The highest BCUT2D eigenvalue weighted by atomic mass is 16.8. The second kappa shape index (κ2) is 9.16. The van der Waals surface area contributed by atoms with Crippen LogP contribution in [0.25, 0.3) is 5.52 Å². The van der Waals surface area contributed by atoms with Gasteiger partial charge in [0.25, 0.3) is 0 Å². The van der Waals surface area contributed by atoms with E-state index in [1.807, 2.05) is 65.0 Å². The molecule has 1 aromatic carbocycles. The second-order valence-corrected chi connectivity index (χ2v) is 10.9. The minimum absolute atomic E-state index is 0.209. The topological polar surface area (TPSA) is 139 Å². The van der Waals surface area contributed by atoms with Crippen LogP contribution in [0.3, 0.4) is 0 Å². The number of rotatable bonds is 5. The lowest BCUT2D eigenvalue weighted by atomic mass is 10.1. The molecule has 4 N–H and O–H groups in total. The predicted molar refractivity (Wildman–Crippen MR) is 136 cm³/mol. The van der Waals surface area contributed by atoms with E-state index in [1.54, 1.807) is 15.5 Å². The van der Waals surface area contributed by atoms with Gasteiger partial charge in [-0.3, -0.25) is 4.90 Å². The molecule has 4 atom stereocenters. The fraction of sp³-hybridized carbons (Fsp3) is 0.500. The SMILES string of the molecule is CC(C)(C)OC(=O)N1[C@H](COCc2ccccc2)[C@H]2OC(C)(C)O[C@H]2[C@@H]1c1cc(N)c2c(N)ncnn12. The number of carbonyl (C=O) groups excluding carboxylic acids is 1. The number of nitrogen functional groups attached to an aromatic ring is 2. The Morgan fingerprint density at radius 2 is 1.84 bits per heavy atom. The highest BCUT2D eigenvalue weighted by Gasteiger charge is 2.61. The second-order valence-electron chi connectivity index (χ2n) is 10.9. The summed E-state index contributed by atoms with van der Waals surface area (Å²) in [4.78, 5) is 19.4. The summed E-state index contributed by atoms with van der Waals surface area (Å²) in [6, 6.07) is 10.5. The first-order chi connectivity index (χ1) is 17.5. The molecule has 11 nitrogen and oxygen atoms in total. The number of nitrogens with two attached hydrogens (primary N) is 2. The average Bonchev–Trinajstić information content (AvgIpc) is 3.40. The third kappa shape index (κ3) is 4.81. The molecule has 0 spiro atoms. The number of likely N-dealkylation sites (tertiary alicyclic amines) is 1. The van der Waals surface area contributed by atoms with Crippen molar-refractivity contribution in [2.24, 2.45) is 0 Å². The van der Waals surface area contributed by atoms with Gasteiger partial charge in [0.15, 0.2) is 11.6 Å². The van der Waals surface area contributed by atoms with Crippen LogP contribution in [0.1, 0.15) is 51.9 Å². The Labute approximate surface area is 215 Å². The lowest BCUT2D eigenvalue weighted by Gasteiger charge is -2.35. The molecule has 3 aromatic rings. The van der Waals surface area contributed by atoms with Crippen molar-refractivity contribution in [2.75, 3.05) is 18.1 Å². The minimum Gasteiger partial charge on any atom is -0.444 e. The van der Waals surface area contributed by atoms with Crippen molar-refractivity contribution in [3.05, 3.63) is 54.0 Å². The van der Waals surface area contributed by atoms with Gasteiger partial charge in [0, 0.05) is 0 Å². The molecular formula is C26H34N6O5. The van der Waals surface area contributed by atoms with E-state index in [2.05, 4.69) is 10.1 Å². The van der Waals surface area contributed by atoms with Crippen molar-refractivity contribution in [2.45, 2.75) is 76.9 Å². The first kappa shape index (κ1) is 25.2. The molecule has 1 amide bonds. The summed E-state index contributed by atoms with van der Waals surface area (Å²) in [6.45, 7) is 9.78. The summed E-state index contributed by atoms with van der Waals surface area (Å²) in [5.74, 6) is -0.624. The highest BCUT2D eigenvalue weighted by Crippen LogP contribution is 2.48. The molecule has 0 saturated carbocycles. The number of fused-ring (bicyclic) bond motifs is 2. The van der Waals surface area contributed by atoms with Crippen LogP contribution in [0.2, 0.25) is 0 Å². The number of hydrogen-bond donors (Lipinski definition) is 2. The number of ether oxygens (including phenoxy) is 4. The van der Waals surface area contributed by atoms with Crippen LogP contribution >= 0.6 is 0 Å². The number of amides is 1. The molecule has 2 aliphatic heterocycles. The van der Waals surface area contributed by atoms with E-state index >= 15 is 0 Å². The quantitative estimate of drug-likeness (QED) is 0.529. The maximum Gasteiger partial charge on any atom is 0.411 e. The largest absolute Gasteiger partial charge is 0.444 e. The van der Waals surface area contributed by atoms with E-state index in [9.17, 15) is 4.79 Å². The predicted octanol–water partition coefficient (Wildman–Crippen LogP) is 3.29. The van der Waals surface area contributed by atoms with Gasteiger partial charge in [-0.2, -0.15) is 5.10 Å². The van der Waals surface area contributed by atoms with Gasteiger partial charge in [0.05, 0.1) is 30.6 Å². The van der Waals surface area contributed by atoms with Crippen molar-refractivity contribution < 1.29 is 23.7 Å². The van der Waals surface area contributed by atoms with Crippen molar-refractivity contribution in [3.63, 3.8) is 0 Å². The number of hydrogen-bond acceptors (Lipinski definition) is 9. The lowest BCUT2D eigenvalue weighted by Crippen LogP contribution is -2.47. The molecule has 0 unspecified atom stereocenters. The van der Waals surface area contributed by atoms with Gasteiger partial charge in [-0.05, 0) is 46.2 Å². The van der Waals surface area contributed by atoms with E-state index in [-0.39, 0.29) is 12.4 Å². The van der Waals surface area contributed by atoms with Gasteiger partial charge < -0.3 is 30.4 Å². The van der Waals surface area contributed by atoms with Gasteiger partial charge in [-0.15, -0.1) is 0 Å². The average molecular weight is 511 g/mol. The fourth-order valence-corrected chi connectivity index (χ4v) is 5.14. The van der Waals surface area contributed by atoms with Gasteiger partial charge in [-0.1, -0.05) is 30.3 Å². The molecule has 198 valence electrons. The maximum absolute atomic E-state index is 13.7. The van der Waals surface area contributed by atoms with Crippen LogP contribution in [-0.4, -0.2) is 61.8 Å². The molecule has 37 heavy (non-hydrogen) atoms. The van der Waals surface area contributed by atoms with Crippen molar-refractivity contribution in [3.8, 4) is 0 Å². The summed E-state index contributed by atoms with van der Waals surface area (Å²) < 4.78 is 26.3. The Hall–Kier alpha value is -3.41. The van der Waals surface area contributed by atoms with E-state index in [0.29, 0.717) is 23.5 Å². The molecule has 4 heterocycles. The van der Waals surface area contributed by atoms with Gasteiger partial charge in [0.2, 0.25) is 0 Å². The highest BCUT2D eigenvalue weighted by molar-refractivity contribution is 5.82. The molecule has 0 bridgehead atoms. The molecule has 5 rings (SSSR count). The van der Waals surface area contributed by atoms with E-state index < -0.39 is 41.8 Å². The first-order valence-electron chi connectivity index (χ1n) is 12.3. The molecule has 2 fully saturated rings. The maximum atomic E-state index is 13.7. The first-order valence-corrected chi connectivity index (χ1v) is 12.3. The summed E-state index contributed by atoms with van der Waals surface area (Å²) in [5, 5.41) is 4.39. The number of aromatic nitrogens is 3. The zero-order chi connectivity index (χ0) is 26.5. The monoisotopic (exact) mass is 510 g/mol. The third-order valence-corrected chi connectivity index (χ3v) is 6.46.